The summed E-state index contributed by atoms with van der Waals surface area (Å²) in [6.07, 6.45) is -12.1. The van der Waals surface area contributed by atoms with Gasteiger partial charge in [-0.3, -0.25) is 9.59 Å². The van der Waals surface area contributed by atoms with Crippen molar-refractivity contribution < 1.29 is 68.6 Å². The summed E-state index contributed by atoms with van der Waals surface area (Å²) in [5, 5.41) is 68.5. The molecule has 0 aromatic carbocycles. The predicted octanol–water partition coefficient (Wildman–Crippen LogP) is -3.69. The SMILES string of the molecule is CC(=O)N[C@H]1[C@H](OCCCCCCN)O[C@H](CO)[C@@H](O[C@@H]2O[C@H](CO)[C@H](O)[C@H](O[C@@H]3O[C@H](C)[C@@H](O)C[C@@H]3O)[C@H]2NC(C)=O)[C@@H]1O. The Labute approximate surface area is 262 Å². The first-order chi connectivity index (χ1) is 21.4. The highest BCUT2D eigenvalue weighted by Crippen LogP contribution is 2.33. The molecule has 0 aromatic heterocycles. The third-order valence-electron chi connectivity index (χ3n) is 8.10. The number of aliphatic hydroxyl groups is 6. The molecule has 10 N–H and O–H groups in total. The van der Waals surface area contributed by atoms with Gasteiger partial charge in [-0.1, -0.05) is 12.8 Å². The second-order valence-electron chi connectivity index (χ2n) is 11.7. The highest BCUT2D eigenvalue weighted by Gasteiger charge is 2.53. The molecule has 0 bridgehead atoms. The molecule has 3 heterocycles. The molecule has 0 aliphatic carbocycles. The Hall–Kier alpha value is -1.58. The number of unbranched alkanes of at least 4 members (excludes halogenated alkanes) is 3. The quantitative estimate of drug-likeness (QED) is 0.0771. The van der Waals surface area contributed by atoms with E-state index in [2.05, 4.69) is 10.6 Å². The van der Waals surface area contributed by atoms with Crippen LogP contribution in [0, 0.1) is 0 Å². The molecule has 2 amide bonds. The van der Waals surface area contributed by atoms with Crippen LogP contribution < -0.4 is 16.4 Å². The van der Waals surface area contributed by atoms with Crippen LogP contribution in [0.3, 0.4) is 0 Å². The molecule has 3 fully saturated rings. The van der Waals surface area contributed by atoms with Crippen molar-refractivity contribution in [3.63, 3.8) is 0 Å². The minimum Gasteiger partial charge on any atom is -0.394 e. The molecule has 0 spiro atoms. The lowest BCUT2D eigenvalue weighted by Crippen LogP contribution is -2.70. The first kappa shape index (κ1) is 37.9. The number of carbonyl (C=O) groups excluding carboxylic acids is 2. The Morgan fingerprint density at radius 3 is 1.98 bits per heavy atom. The van der Waals surface area contributed by atoms with Crippen LogP contribution in [0.4, 0.5) is 0 Å². The number of hydrogen-bond acceptors (Lipinski definition) is 15. The van der Waals surface area contributed by atoms with Gasteiger partial charge < -0.3 is 75.4 Å². The fourth-order valence-electron chi connectivity index (χ4n) is 5.67. The summed E-state index contributed by atoms with van der Waals surface area (Å²) in [5.41, 5.74) is 5.53. The summed E-state index contributed by atoms with van der Waals surface area (Å²) in [7, 11) is 0. The van der Waals surface area contributed by atoms with E-state index in [0.717, 1.165) is 19.3 Å². The second kappa shape index (κ2) is 18.1. The molecule has 262 valence electrons. The maximum Gasteiger partial charge on any atom is 0.217 e. The van der Waals surface area contributed by atoms with E-state index in [0.29, 0.717) is 13.0 Å². The predicted molar refractivity (Wildman–Crippen MR) is 153 cm³/mol. The zero-order valence-corrected chi connectivity index (χ0v) is 26.0. The Morgan fingerprint density at radius 2 is 1.36 bits per heavy atom. The lowest BCUT2D eigenvalue weighted by atomic mass is 9.94. The van der Waals surface area contributed by atoms with Gasteiger partial charge in [0.2, 0.25) is 11.8 Å². The number of hydrogen-bond donors (Lipinski definition) is 9. The van der Waals surface area contributed by atoms with E-state index in [-0.39, 0.29) is 13.0 Å². The van der Waals surface area contributed by atoms with Crippen molar-refractivity contribution >= 4 is 11.8 Å². The minimum absolute atomic E-state index is 0.0788. The first-order valence-electron chi connectivity index (χ1n) is 15.5. The van der Waals surface area contributed by atoms with E-state index in [1.165, 1.54) is 13.8 Å². The molecule has 3 aliphatic heterocycles. The molecular formula is C28H51N3O14. The van der Waals surface area contributed by atoms with E-state index in [1.807, 2.05) is 0 Å². The van der Waals surface area contributed by atoms with Crippen molar-refractivity contribution in [2.75, 3.05) is 26.4 Å². The zero-order valence-electron chi connectivity index (χ0n) is 26.0. The fraction of sp³-hybridized carbons (Fsp3) is 0.929. The molecule has 0 saturated carbocycles. The van der Waals surface area contributed by atoms with Crippen molar-refractivity contribution in [1.29, 1.82) is 0 Å². The first-order valence-corrected chi connectivity index (χ1v) is 15.5. The number of rotatable bonds is 15. The Bertz CT molecular complexity index is 920. The number of amides is 2. The van der Waals surface area contributed by atoms with Crippen molar-refractivity contribution in [2.45, 2.75) is 139 Å². The molecule has 3 saturated heterocycles. The second-order valence-corrected chi connectivity index (χ2v) is 11.7. The number of ether oxygens (including phenoxy) is 6. The van der Waals surface area contributed by atoms with E-state index in [9.17, 15) is 40.2 Å². The van der Waals surface area contributed by atoms with Crippen LogP contribution in [0.1, 0.15) is 52.9 Å². The van der Waals surface area contributed by atoms with Crippen molar-refractivity contribution in [3.8, 4) is 0 Å². The van der Waals surface area contributed by atoms with Crippen LogP contribution >= 0.6 is 0 Å². The van der Waals surface area contributed by atoms with Gasteiger partial charge in [0.25, 0.3) is 0 Å². The van der Waals surface area contributed by atoms with Crippen molar-refractivity contribution in [2.24, 2.45) is 5.73 Å². The molecule has 3 rings (SSSR count). The Balaban J connectivity index is 1.83. The van der Waals surface area contributed by atoms with Gasteiger partial charge in [0.1, 0.15) is 54.8 Å². The van der Waals surface area contributed by atoms with Gasteiger partial charge in [0.05, 0.1) is 25.4 Å². The van der Waals surface area contributed by atoms with Crippen LogP contribution in [0.15, 0.2) is 0 Å². The van der Waals surface area contributed by atoms with E-state index in [4.69, 9.17) is 34.2 Å². The molecule has 3 aliphatic rings. The summed E-state index contributed by atoms with van der Waals surface area (Å²) in [4.78, 5) is 24.3. The van der Waals surface area contributed by atoms with Crippen molar-refractivity contribution in [1.82, 2.24) is 10.6 Å². The summed E-state index contributed by atoms with van der Waals surface area (Å²) < 4.78 is 35.3. The lowest BCUT2D eigenvalue weighted by molar-refractivity contribution is -0.351. The zero-order chi connectivity index (χ0) is 33.3. The van der Waals surface area contributed by atoms with Crippen molar-refractivity contribution in [3.05, 3.63) is 0 Å². The molecule has 0 radical (unpaired) electrons. The smallest absolute Gasteiger partial charge is 0.217 e. The molecule has 17 nitrogen and oxygen atoms in total. The van der Waals surface area contributed by atoms with Crippen LogP contribution in [0.25, 0.3) is 0 Å². The van der Waals surface area contributed by atoms with E-state index < -0.39 is 111 Å². The van der Waals surface area contributed by atoms with Gasteiger partial charge in [-0.2, -0.15) is 0 Å². The molecule has 17 heteroatoms. The Morgan fingerprint density at radius 1 is 0.756 bits per heavy atom. The van der Waals surface area contributed by atoms with Gasteiger partial charge in [-0.15, -0.1) is 0 Å². The molecule has 45 heavy (non-hydrogen) atoms. The standard InChI is InChI=1S/C28H51N3O14/c1-13-16(36)10-17(37)26(41-13)45-25-21(31-15(3)35)28(42-18(11-32)22(25)38)44-24-19(12-33)43-27(20(23(24)39)30-14(2)34)40-9-7-5-4-6-8-29/h13,16-28,32-33,36-39H,4-12,29H2,1-3H3,(H,30,34)(H,31,35)/t13-,16+,17+,18-,19-,20-,21-,22+,23-,24-,25-,26+,27-,28+/m1/s1. The minimum atomic E-state index is -1.56. The normalized spacial score (nSPS) is 40.6. The maximum atomic E-state index is 12.3. The highest BCUT2D eigenvalue weighted by molar-refractivity contribution is 5.73. The third kappa shape index (κ3) is 10.2. The molecule has 14 atom stereocenters. The van der Waals surface area contributed by atoms with Crippen LogP contribution in [-0.4, -0.2) is 155 Å². The largest absolute Gasteiger partial charge is 0.394 e. The average molecular weight is 654 g/mol. The summed E-state index contributed by atoms with van der Waals surface area (Å²) in [5.74, 6) is -1.07. The van der Waals surface area contributed by atoms with Gasteiger partial charge in [-0.25, -0.2) is 0 Å². The van der Waals surface area contributed by atoms with Gasteiger partial charge in [0, 0.05) is 26.9 Å². The fourth-order valence-corrected chi connectivity index (χ4v) is 5.67. The van der Waals surface area contributed by atoms with E-state index in [1.54, 1.807) is 6.92 Å². The van der Waals surface area contributed by atoms with Gasteiger partial charge >= 0.3 is 0 Å². The van der Waals surface area contributed by atoms with Crippen LogP contribution in [0.2, 0.25) is 0 Å². The number of nitrogens with two attached hydrogens (primary N) is 1. The number of aliphatic hydroxyl groups excluding tert-OH is 6. The molecule has 0 aromatic rings. The van der Waals surface area contributed by atoms with E-state index >= 15 is 0 Å². The number of nitrogens with one attached hydrogen (secondary N) is 2. The summed E-state index contributed by atoms with van der Waals surface area (Å²) in [6, 6.07) is -2.43. The molecular weight excluding hydrogens is 602 g/mol. The van der Waals surface area contributed by atoms with Gasteiger partial charge in [-0.05, 0) is 26.3 Å². The monoisotopic (exact) mass is 653 g/mol. The topological polar surface area (TPSA) is 261 Å². The summed E-state index contributed by atoms with van der Waals surface area (Å²) in [6.45, 7) is 3.50. The highest BCUT2D eigenvalue weighted by atomic mass is 16.7. The average Bonchev–Trinajstić information content (AvgIpc) is 2.98. The summed E-state index contributed by atoms with van der Waals surface area (Å²) >= 11 is 0. The number of carbonyl (C=O) groups is 2. The lowest BCUT2D eigenvalue weighted by Gasteiger charge is -2.49. The van der Waals surface area contributed by atoms with Gasteiger partial charge in [0.15, 0.2) is 18.9 Å². The molecule has 0 unspecified atom stereocenters. The Kier molecular flexibility index (Phi) is 15.2. The maximum absolute atomic E-state index is 12.3. The van der Waals surface area contributed by atoms with Crippen LogP contribution in [0.5, 0.6) is 0 Å². The third-order valence-corrected chi connectivity index (χ3v) is 8.10. The van der Waals surface area contributed by atoms with Crippen LogP contribution in [-0.2, 0) is 38.0 Å².